The number of nitrogens with one attached hydrogen (secondary N) is 1. The molecule has 8 nitrogen and oxygen atoms in total. The van der Waals surface area contributed by atoms with E-state index in [2.05, 4.69) is 10.4 Å². The Bertz CT molecular complexity index is 429. The molecule has 0 fully saturated rings. The molecule has 98 valence electrons. The smallest absolute Gasteiger partial charge is 0.326 e. The van der Waals surface area contributed by atoms with Crippen molar-refractivity contribution in [2.45, 2.75) is 25.4 Å². The summed E-state index contributed by atoms with van der Waals surface area (Å²) < 4.78 is 1.55. The number of carboxylic acids is 1. The van der Waals surface area contributed by atoms with E-state index in [0.717, 1.165) is 0 Å². The number of hydrogen-bond donors (Lipinski definition) is 3. The molecule has 0 aliphatic heterocycles. The highest BCUT2D eigenvalue weighted by molar-refractivity contribution is 5.88. The molecule has 1 rings (SSSR count). The number of amides is 2. The minimum atomic E-state index is -1.29. The van der Waals surface area contributed by atoms with E-state index < -0.39 is 30.2 Å². The predicted octanol–water partition coefficient (Wildman–Crippen LogP) is -1.28. The molecule has 2 amide bonds. The highest BCUT2D eigenvalue weighted by atomic mass is 16.4. The second-order valence-electron chi connectivity index (χ2n) is 3.65. The van der Waals surface area contributed by atoms with Crippen LogP contribution < -0.4 is 11.1 Å². The molecule has 0 aliphatic carbocycles. The van der Waals surface area contributed by atoms with Gasteiger partial charge in [0.15, 0.2) is 0 Å². The minimum absolute atomic E-state index is 0.0736. The first-order valence-corrected chi connectivity index (χ1v) is 5.27. The van der Waals surface area contributed by atoms with E-state index in [1.165, 1.54) is 0 Å². The fourth-order valence-electron chi connectivity index (χ4n) is 1.32. The second-order valence-corrected chi connectivity index (χ2v) is 3.65. The van der Waals surface area contributed by atoms with Crippen molar-refractivity contribution < 1.29 is 19.5 Å². The maximum Gasteiger partial charge on any atom is 0.326 e. The van der Waals surface area contributed by atoms with Gasteiger partial charge in [-0.25, -0.2) is 4.79 Å². The Kier molecular flexibility index (Phi) is 4.85. The van der Waals surface area contributed by atoms with Crippen molar-refractivity contribution >= 4 is 17.8 Å². The van der Waals surface area contributed by atoms with Crippen LogP contribution in [0, 0.1) is 0 Å². The van der Waals surface area contributed by atoms with Gasteiger partial charge in [0.05, 0.1) is 6.42 Å². The summed E-state index contributed by atoms with van der Waals surface area (Å²) in [6.45, 7) is 0.335. The van der Waals surface area contributed by atoms with Crippen molar-refractivity contribution in [3.63, 3.8) is 0 Å². The van der Waals surface area contributed by atoms with Crippen molar-refractivity contribution in [1.82, 2.24) is 15.1 Å². The fourth-order valence-corrected chi connectivity index (χ4v) is 1.32. The van der Waals surface area contributed by atoms with Crippen molar-refractivity contribution in [2.24, 2.45) is 5.73 Å². The van der Waals surface area contributed by atoms with Gasteiger partial charge in [-0.3, -0.25) is 14.3 Å². The summed E-state index contributed by atoms with van der Waals surface area (Å²) in [5, 5.41) is 14.9. The summed E-state index contributed by atoms with van der Waals surface area (Å²) in [5.41, 5.74) is 4.89. The number of carbonyl (C=O) groups is 3. The summed E-state index contributed by atoms with van der Waals surface area (Å²) in [4.78, 5) is 32.9. The van der Waals surface area contributed by atoms with Crippen LogP contribution in [0.1, 0.15) is 12.8 Å². The van der Waals surface area contributed by atoms with Crippen LogP contribution in [0.3, 0.4) is 0 Å². The van der Waals surface area contributed by atoms with Crippen LogP contribution in [0.4, 0.5) is 0 Å². The zero-order valence-electron chi connectivity index (χ0n) is 9.57. The number of rotatable bonds is 7. The number of aryl methyl sites for hydroxylation is 1. The van der Waals surface area contributed by atoms with Gasteiger partial charge in [-0.2, -0.15) is 5.10 Å². The van der Waals surface area contributed by atoms with Gasteiger partial charge in [0, 0.05) is 25.4 Å². The molecule has 0 radical (unpaired) electrons. The average molecular weight is 254 g/mol. The van der Waals surface area contributed by atoms with Crippen molar-refractivity contribution in [3.05, 3.63) is 18.5 Å². The third-order valence-electron chi connectivity index (χ3n) is 2.17. The van der Waals surface area contributed by atoms with Crippen LogP contribution in [0.5, 0.6) is 0 Å². The second kappa shape index (κ2) is 6.38. The Morgan fingerprint density at radius 2 is 2.17 bits per heavy atom. The van der Waals surface area contributed by atoms with Gasteiger partial charge in [0.25, 0.3) is 0 Å². The first kappa shape index (κ1) is 13.7. The summed E-state index contributed by atoms with van der Waals surface area (Å²) in [5.74, 6) is -2.55. The average Bonchev–Trinajstić information content (AvgIpc) is 2.77. The molecule has 8 heteroatoms. The largest absolute Gasteiger partial charge is 0.480 e. The van der Waals surface area contributed by atoms with Crippen LogP contribution in [-0.2, 0) is 20.9 Å². The van der Waals surface area contributed by atoms with Gasteiger partial charge in [0.1, 0.15) is 6.04 Å². The Morgan fingerprint density at radius 1 is 1.44 bits per heavy atom. The molecule has 1 heterocycles. The van der Waals surface area contributed by atoms with Crippen molar-refractivity contribution in [1.29, 1.82) is 0 Å². The monoisotopic (exact) mass is 254 g/mol. The molecule has 1 aromatic rings. The van der Waals surface area contributed by atoms with Gasteiger partial charge in [-0.15, -0.1) is 0 Å². The third-order valence-corrected chi connectivity index (χ3v) is 2.17. The van der Waals surface area contributed by atoms with Gasteiger partial charge in [-0.05, 0) is 6.07 Å². The normalized spacial score (nSPS) is 11.8. The van der Waals surface area contributed by atoms with Crippen molar-refractivity contribution in [3.8, 4) is 0 Å². The lowest BCUT2D eigenvalue weighted by Crippen LogP contribution is -2.43. The van der Waals surface area contributed by atoms with Crippen LogP contribution in [-0.4, -0.2) is 38.7 Å². The summed E-state index contributed by atoms with van der Waals surface area (Å²) in [6.07, 6.45) is 2.91. The van der Waals surface area contributed by atoms with E-state index in [1.54, 1.807) is 23.1 Å². The number of nitrogens with zero attached hydrogens (tertiary/aromatic N) is 2. The van der Waals surface area contributed by atoms with Crippen LogP contribution in [0.15, 0.2) is 18.5 Å². The summed E-state index contributed by atoms with van der Waals surface area (Å²) >= 11 is 0. The van der Waals surface area contributed by atoms with Gasteiger partial charge >= 0.3 is 5.97 Å². The number of aromatic nitrogens is 2. The zero-order valence-corrected chi connectivity index (χ0v) is 9.57. The number of carboxylic acid groups (broad SMARTS) is 1. The van der Waals surface area contributed by atoms with Gasteiger partial charge in [-0.1, -0.05) is 0 Å². The molecule has 1 aromatic heterocycles. The first-order chi connectivity index (χ1) is 8.49. The Labute approximate surface area is 103 Å². The summed E-state index contributed by atoms with van der Waals surface area (Å²) in [6, 6.07) is 0.429. The molecular weight excluding hydrogens is 240 g/mol. The lowest BCUT2D eigenvalue weighted by atomic mass is 10.2. The Hall–Kier alpha value is -2.38. The highest BCUT2D eigenvalue weighted by Gasteiger charge is 2.21. The minimum Gasteiger partial charge on any atom is -0.480 e. The first-order valence-electron chi connectivity index (χ1n) is 5.27. The molecular formula is C10H14N4O4. The number of hydrogen-bond acceptors (Lipinski definition) is 4. The van der Waals surface area contributed by atoms with E-state index in [-0.39, 0.29) is 6.42 Å². The molecule has 0 bridgehead atoms. The SMILES string of the molecule is NC(=O)CC(NC(=O)CCn1cccn1)C(=O)O. The third kappa shape index (κ3) is 4.64. The predicted molar refractivity (Wildman–Crippen MR) is 60.2 cm³/mol. The maximum absolute atomic E-state index is 11.5. The van der Waals surface area contributed by atoms with Crippen LogP contribution in [0.2, 0.25) is 0 Å². The standard InChI is InChI=1S/C10H14N4O4/c11-8(15)6-7(10(17)18)13-9(16)2-5-14-4-1-3-12-14/h1,3-4,7H,2,5-6H2,(H2,11,15)(H,13,16)(H,17,18). The quantitative estimate of drug-likeness (QED) is 0.558. The molecule has 0 saturated heterocycles. The van der Waals surface area contributed by atoms with E-state index >= 15 is 0 Å². The lowest BCUT2D eigenvalue weighted by Gasteiger charge is -2.12. The van der Waals surface area contributed by atoms with E-state index in [0.29, 0.717) is 6.54 Å². The number of carbonyl (C=O) groups excluding carboxylic acids is 2. The van der Waals surface area contributed by atoms with Gasteiger partial charge < -0.3 is 16.2 Å². The lowest BCUT2D eigenvalue weighted by molar-refractivity contribution is -0.143. The van der Waals surface area contributed by atoms with Crippen LogP contribution >= 0.6 is 0 Å². The number of primary amides is 1. The van der Waals surface area contributed by atoms with Gasteiger partial charge in [0.2, 0.25) is 11.8 Å². The molecule has 1 unspecified atom stereocenters. The van der Waals surface area contributed by atoms with E-state index in [9.17, 15) is 14.4 Å². The number of nitrogens with two attached hydrogens (primary N) is 1. The Balaban J connectivity index is 2.41. The Morgan fingerprint density at radius 3 is 2.67 bits per heavy atom. The van der Waals surface area contributed by atoms with E-state index in [1.807, 2.05) is 0 Å². The van der Waals surface area contributed by atoms with E-state index in [4.69, 9.17) is 10.8 Å². The molecule has 1 atom stereocenters. The maximum atomic E-state index is 11.5. The highest BCUT2D eigenvalue weighted by Crippen LogP contribution is 1.95. The number of aliphatic carboxylic acids is 1. The molecule has 0 saturated carbocycles. The molecule has 18 heavy (non-hydrogen) atoms. The van der Waals surface area contributed by atoms with Crippen LogP contribution in [0.25, 0.3) is 0 Å². The molecule has 0 spiro atoms. The molecule has 0 aliphatic rings. The zero-order chi connectivity index (χ0) is 13.5. The molecule has 4 N–H and O–H groups in total. The summed E-state index contributed by atoms with van der Waals surface area (Å²) in [7, 11) is 0. The topological polar surface area (TPSA) is 127 Å². The van der Waals surface area contributed by atoms with Crippen molar-refractivity contribution in [2.75, 3.05) is 0 Å². The molecule has 0 aromatic carbocycles. The fraction of sp³-hybridized carbons (Fsp3) is 0.400.